The smallest absolute Gasteiger partial charge is 0.262 e. The number of rotatable bonds is 6. The van der Waals surface area contributed by atoms with Crippen LogP contribution in [0.3, 0.4) is 0 Å². The Bertz CT molecular complexity index is 796. The van der Waals surface area contributed by atoms with Gasteiger partial charge in [-0.05, 0) is 25.8 Å². The van der Waals surface area contributed by atoms with E-state index in [2.05, 4.69) is 32.2 Å². The van der Waals surface area contributed by atoms with Crippen LogP contribution in [0, 0.1) is 5.92 Å². The number of aromatic amines is 1. The number of unbranched alkanes of at least 4 members (excludes halogenated alkanes) is 1. The second-order valence-electron chi connectivity index (χ2n) is 6.74. The number of hydrogen-bond acceptors (Lipinski definition) is 5. The van der Waals surface area contributed by atoms with Gasteiger partial charge < -0.3 is 10.3 Å². The molecule has 0 aliphatic carbocycles. The molecule has 3 rings (SSSR count). The highest BCUT2D eigenvalue weighted by atomic mass is 16.2. The summed E-state index contributed by atoms with van der Waals surface area (Å²) >= 11 is 0. The van der Waals surface area contributed by atoms with E-state index in [1.807, 2.05) is 0 Å². The summed E-state index contributed by atoms with van der Waals surface area (Å²) in [5.41, 5.74) is 0.420. The van der Waals surface area contributed by atoms with Crippen LogP contribution in [0.5, 0.6) is 0 Å². The molecule has 8 heteroatoms. The summed E-state index contributed by atoms with van der Waals surface area (Å²) in [4.78, 5) is 34.0. The Morgan fingerprint density at radius 2 is 2.32 bits per heavy atom. The van der Waals surface area contributed by atoms with Crippen LogP contribution in [0.1, 0.15) is 38.4 Å². The van der Waals surface area contributed by atoms with E-state index in [9.17, 15) is 9.59 Å². The molecule has 0 saturated carbocycles. The zero-order chi connectivity index (χ0) is 17.8. The summed E-state index contributed by atoms with van der Waals surface area (Å²) in [5, 5.41) is 7.61. The number of H-pyrrole nitrogens is 1. The molecule has 1 amide bonds. The molecule has 2 aromatic heterocycles. The molecule has 0 radical (unpaired) electrons. The van der Waals surface area contributed by atoms with Gasteiger partial charge in [0.15, 0.2) is 5.65 Å². The monoisotopic (exact) mass is 346 g/mol. The van der Waals surface area contributed by atoms with Crippen molar-refractivity contribution in [2.24, 2.45) is 13.0 Å². The molecule has 1 aliphatic rings. The van der Waals surface area contributed by atoms with Crippen molar-refractivity contribution in [3.8, 4) is 0 Å². The van der Waals surface area contributed by atoms with E-state index < -0.39 is 0 Å². The number of hydrogen-bond donors (Lipinski definition) is 2. The van der Waals surface area contributed by atoms with E-state index in [0.717, 1.165) is 38.8 Å². The number of nitrogens with one attached hydrogen (secondary N) is 2. The van der Waals surface area contributed by atoms with Gasteiger partial charge in [0.2, 0.25) is 5.91 Å². The lowest BCUT2D eigenvalue weighted by Crippen LogP contribution is -2.43. The van der Waals surface area contributed by atoms with Gasteiger partial charge in [-0.3, -0.25) is 19.2 Å². The summed E-state index contributed by atoms with van der Waals surface area (Å²) in [6.45, 7) is 5.01. The Morgan fingerprint density at radius 3 is 3.12 bits per heavy atom. The third kappa shape index (κ3) is 4.07. The van der Waals surface area contributed by atoms with Crippen molar-refractivity contribution in [3.63, 3.8) is 0 Å². The van der Waals surface area contributed by atoms with Crippen LogP contribution in [-0.4, -0.2) is 50.2 Å². The molecule has 0 aromatic carbocycles. The first kappa shape index (κ1) is 17.6. The zero-order valence-corrected chi connectivity index (χ0v) is 14.9. The van der Waals surface area contributed by atoms with Gasteiger partial charge >= 0.3 is 0 Å². The van der Waals surface area contributed by atoms with Gasteiger partial charge in [0, 0.05) is 20.1 Å². The number of aryl methyl sites for hydroxylation is 1. The van der Waals surface area contributed by atoms with E-state index in [-0.39, 0.29) is 17.4 Å². The van der Waals surface area contributed by atoms with Crippen molar-refractivity contribution in [2.75, 3.05) is 19.6 Å². The van der Waals surface area contributed by atoms with Gasteiger partial charge in [-0.2, -0.15) is 5.10 Å². The fourth-order valence-electron chi connectivity index (χ4n) is 3.31. The second-order valence-corrected chi connectivity index (χ2v) is 6.74. The molecule has 1 fully saturated rings. The first-order valence-electron chi connectivity index (χ1n) is 8.99. The molecule has 1 aliphatic heterocycles. The molecule has 0 unspecified atom stereocenters. The highest BCUT2D eigenvalue weighted by molar-refractivity contribution is 5.79. The van der Waals surface area contributed by atoms with E-state index in [1.54, 1.807) is 11.7 Å². The summed E-state index contributed by atoms with van der Waals surface area (Å²) in [6, 6.07) is 0. The number of piperidine rings is 1. The van der Waals surface area contributed by atoms with Crippen molar-refractivity contribution < 1.29 is 4.79 Å². The minimum atomic E-state index is -0.168. The molecule has 0 bridgehead atoms. The lowest BCUT2D eigenvalue weighted by Gasteiger charge is -2.31. The first-order chi connectivity index (χ1) is 12.1. The Labute approximate surface area is 146 Å². The van der Waals surface area contributed by atoms with Gasteiger partial charge in [0.25, 0.3) is 5.56 Å². The second kappa shape index (κ2) is 7.77. The Kier molecular flexibility index (Phi) is 5.47. The lowest BCUT2D eigenvalue weighted by molar-refractivity contribution is -0.126. The molecule has 2 N–H and O–H groups in total. The van der Waals surface area contributed by atoms with E-state index in [1.165, 1.54) is 6.20 Å². The SMILES string of the molecule is CCCCNC(=O)[C@H]1CCCN(Cc2nc3c(cnn3C)c(=O)[nH]2)C1. The van der Waals surface area contributed by atoms with Crippen molar-refractivity contribution in [1.29, 1.82) is 0 Å². The van der Waals surface area contributed by atoms with Crippen molar-refractivity contribution in [3.05, 3.63) is 22.4 Å². The van der Waals surface area contributed by atoms with Crippen LogP contribution >= 0.6 is 0 Å². The van der Waals surface area contributed by atoms with Crippen LogP contribution in [0.25, 0.3) is 11.0 Å². The number of carbonyl (C=O) groups excluding carboxylic acids is 1. The molecule has 3 heterocycles. The number of nitrogens with zero attached hydrogens (tertiary/aromatic N) is 4. The van der Waals surface area contributed by atoms with E-state index in [0.29, 0.717) is 29.9 Å². The Morgan fingerprint density at radius 1 is 1.48 bits per heavy atom. The number of likely N-dealkylation sites (tertiary alicyclic amines) is 1. The molecule has 1 saturated heterocycles. The van der Waals surface area contributed by atoms with Gasteiger partial charge in [-0.1, -0.05) is 13.3 Å². The van der Waals surface area contributed by atoms with Crippen molar-refractivity contribution in [2.45, 2.75) is 39.2 Å². The standard InChI is InChI=1S/C17H26N6O2/c1-3-4-7-18-16(24)12-6-5-8-23(10-12)11-14-20-15-13(17(25)21-14)9-19-22(15)2/h9,12H,3-8,10-11H2,1-2H3,(H,18,24)(H,20,21,25)/t12-/m0/s1. The molecule has 2 aromatic rings. The maximum Gasteiger partial charge on any atom is 0.262 e. The summed E-state index contributed by atoms with van der Waals surface area (Å²) in [6.07, 6.45) is 5.51. The minimum absolute atomic E-state index is 0.0118. The average molecular weight is 346 g/mol. The maximum absolute atomic E-state index is 12.3. The van der Waals surface area contributed by atoms with E-state index in [4.69, 9.17) is 0 Å². The first-order valence-corrected chi connectivity index (χ1v) is 8.99. The van der Waals surface area contributed by atoms with Gasteiger partial charge in [-0.15, -0.1) is 0 Å². The Hall–Kier alpha value is -2.22. The molecule has 25 heavy (non-hydrogen) atoms. The Balaban J connectivity index is 1.65. The van der Waals surface area contributed by atoms with Gasteiger partial charge in [0.05, 0.1) is 18.7 Å². The average Bonchev–Trinajstić information content (AvgIpc) is 2.97. The number of amides is 1. The van der Waals surface area contributed by atoms with Crippen LogP contribution in [0.15, 0.2) is 11.0 Å². The third-order valence-electron chi connectivity index (χ3n) is 4.73. The fraction of sp³-hybridized carbons (Fsp3) is 0.647. The van der Waals surface area contributed by atoms with Crippen molar-refractivity contribution >= 4 is 16.9 Å². The molecule has 1 atom stereocenters. The predicted molar refractivity (Wildman–Crippen MR) is 95.0 cm³/mol. The van der Waals surface area contributed by atoms with Crippen LogP contribution < -0.4 is 10.9 Å². The molecule has 0 spiro atoms. The van der Waals surface area contributed by atoms with Crippen LogP contribution in [0.2, 0.25) is 0 Å². The normalized spacial score (nSPS) is 18.6. The molecule has 8 nitrogen and oxygen atoms in total. The largest absolute Gasteiger partial charge is 0.356 e. The highest BCUT2D eigenvalue weighted by Crippen LogP contribution is 2.18. The number of aromatic nitrogens is 4. The lowest BCUT2D eigenvalue weighted by atomic mass is 9.97. The van der Waals surface area contributed by atoms with Crippen molar-refractivity contribution in [1.82, 2.24) is 30.0 Å². The zero-order valence-electron chi connectivity index (χ0n) is 14.9. The van der Waals surface area contributed by atoms with E-state index >= 15 is 0 Å². The summed E-state index contributed by atoms with van der Waals surface area (Å²) in [7, 11) is 1.77. The third-order valence-corrected chi connectivity index (χ3v) is 4.73. The quantitative estimate of drug-likeness (QED) is 0.754. The summed E-state index contributed by atoms with van der Waals surface area (Å²) < 4.78 is 1.61. The molecular formula is C17H26N6O2. The van der Waals surface area contributed by atoms with Crippen LogP contribution in [-0.2, 0) is 18.4 Å². The summed E-state index contributed by atoms with van der Waals surface area (Å²) in [5.74, 6) is 0.771. The topological polar surface area (TPSA) is 95.9 Å². The van der Waals surface area contributed by atoms with Gasteiger partial charge in [0.1, 0.15) is 11.2 Å². The predicted octanol–water partition coefficient (Wildman–Crippen LogP) is 0.785. The number of fused-ring (bicyclic) bond motifs is 1. The minimum Gasteiger partial charge on any atom is -0.356 e. The molecular weight excluding hydrogens is 320 g/mol. The molecule has 136 valence electrons. The van der Waals surface area contributed by atoms with Gasteiger partial charge in [-0.25, -0.2) is 4.98 Å². The maximum atomic E-state index is 12.3. The number of carbonyl (C=O) groups is 1. The van der Waals surface area contributed by atoms with Crippen LogP contribution in [0.4, 0.5) is 0 Å². The fourth-order valence-corrected chi connectivity index (χ4v) is 3.31. The highest BCUT2D eigenvalue weighted by Gasteiger charge is 2.26.